The number of anilines is 1. The van der Waals surface area contributed by atoms with Crippen LogP contribution in [-0.4, -0.2) is 87.6 Å². The Morgan fingerprint density at radius 3 is 2.79 bits per heavy atom. The topological polar surface area (TPSA) is 114 Å². The number of H-pyrrole nitrogens is 1. The number of nitrogens with one attached hydrogen (secondary N) is 1. The summed E-state index contributed by atoms with van der Waals surface area (Å²) in [6.07, 6.45) is 5.71. The second kappa shape index (κ2) is 11.4. The molecule has 10 nitrogen and oxygen atoms in total. The molecule has 10 heteroatoms. The molecule has 42 heavy (non-hydrogen) atoms. The molecular formula is C32H36N8O2. The highest BCUT2D eigenvalue weighted by Gasteiger charge is 2.31. The fraction of sp³-hybridized carbons (Fsp3) is 0.406. The van der Waals surface area contributed by atoms with Crippen LogP contribution in [0.25, 0.3) is 33.2 Å². The van der Waals surface area contributed by atoms with E-state index in [-0.39, 0.29) is 24.4 Å². The molecule has 216 valence electrons. The Hall–Kier alpha value is -4.49. The summed E-state index contributed by atoms with van der Waals surface area (Å²) < 4.78 is 6.23. The zero-order valence-electron chi connectivity index (χ0n) is 24.4. The van der Waals surface area contributed by atoms with E-state index in [4.69, 9.17) is 19.7 Å². The molecule has 2 fully saturated rings. The number of likely N-dealkylation sites (tertiary alicyclic amines) is 1. The summed E-state index contributed by atoms with van der Waals surface area (Å²) in [4.78, 5) is 36.8. The number of hydrogen-bond donors (Lipinski definition) is 1. The lowest BCUT2D eigenvalue weighted by molar-refractivity contribution is -0.128. The Morgan fingerprint density at radius 2 is 2.02 bits per heavy atom. The van der Waals surface area contributed by atoms with Gasteiger partial charge in [0.05, 0.1) is 29.6 Å². The van der Waals surface area contributed by atoms with E-state index < -0.39 is 0 Å². The smallest absolute Gasteiger partial charge is 0.320 e. The summed E-state index contributed by atoms with van der Waals surface area (Å²) in [5.41, 5.74) is 5.89. The highest BCUT2D eigenvalue weighted by Crippen LogP contribution is 2.35. The van der Waals surface area contributed by atoms with Gasteiger partial charge in [0.1, 0.15) is 12.4 Å². The van der Waals surface area contributed by atoms with E-state index in [1.807, 2.05) is 18.3 Å². The van der Waals surface area contributed by atoms with Crippen molar-refractivity contribution in [3.05, 3.63) is 54.2 Å². The number of amides is 1. The molecule has 5 heterocycles. The van der Waals surface area contributed by atoms with Gasteiger partial charge in [0.2, 0.25) is 5.91 Å². The predicted octanol–water partition coefficient (Wildman–Crippen LogP) is 4.38. The van der Waals surface area contributed by atoms with Gasteiger partial charge in [0, 0.05) is 48.3 Å². The van der Waals surface area contributed by atoms with Crippen molar-refractivity contribution in [3.63, 3.8) is 0 Å². The third-order valence-electron chi connectivity index (χ3n) is 8.79. The number of likely N-dealkylation sites (N-methyl/N-ethyl adjacent to an activating group) is 1. The van der Waals surface area contributed by atoms with Crippen LogP contribution < -0.4 is 9.64 Å². The van der Waals surface area contributed by atoms with E-state index in [0.717, 1.165) is 46.9 Å². The van der Waals surface area contributed by atoms with Crippen LogP contribution in [0.1, 0.15) is 30.4 Å². The first-order valence-corrected chi connectivity index (χ1v) is 14.5. The van der Waals surface area contributed by atoms with Crippen LogP contribution in [0, 0.1) is 25.2 Å². The molecule has 0 bridgehead atoms. The van der Waals surface area contributed by atoms with Crippen molar-refractivity contribution in [3.8, 4) is 23.3 Å². The highest BCUT2D eigenvalue weighted by atomic mass is 16.5. The largest absolute Gasteiger partial charge is 0.462 e. The van der Waals surface area contributed by atoms with Crippen molar-refractivity contribution < 1.29 is 9.53 Å². The number of piperazine rings is 1. The lowest BCUT2D eigenvalue weighted by Crippen LogP contribution is -2.55. The van der Waals surface area contributed by atoms with Crippen LogP contribution in [0.3, 0.4) is 0 Å². The van der Waals surface area contributed by atoms with Gasteiger partial charge in [-0.05, 0) is 81.7 Å². The molecule has 0 saturated carbocycles. The van der Waals surface area contributed by atoms with Crippen molar-refractivity contribution >= 4 is 33.7 Å². The Balaban J connectivity index is 1.43. The monoisotopic (exact) mass is 564 g/mol. The van der Waals surface area contributed by atoms with E-state index in [2.05, 4.69) is 60.5 Å². The van der Waals surface area contributed by atoms with Crippen molar-refractivity contribution in [1.29, 1.82) is 5.26 Å². The van der Waals surface area contributed by atoms with E-state index in [1.165, 1.54) is 17.2 Å². The molecule has 0 spiro atoms. The third kappa shape index (κ3) is 5.05. The summed E-state index contributed by atoms with van der Waals surface area (Å²) >= 11 is 0. The molecule has 0 radical (unpaired) electrons. The molecule has 4 aromatic rings. The molecule has 0 aliphatic carbocycles. The van der Waals surface area contributed by atoms with Crippen LogP contribution in [-0.2, 0) is 4.79 Å². The van der Waals surface area contributed by atoms with Gasteiger partial charge >= 0.3 is 6.01 Å². The number of rotatable bonds is 7. The average molecular weight is 565 g/mol. The summed E-state index contributed by atoms with van der Waals surface area (Å²) in [6.45, 7) is 10.9. The number of ether oxygens (including phenoxy) is 1. The first kappa shape index (κ1) is 27.7. The minimum Gasteiger partial charge on any atom is -0.462 e. The number of aryl methyl sites for hydroxylation is 1. The van der Waals surface area contributed by atoms with Gasteiger partial charge in [-0.15, -0.1) is 0 Å². The SMILES string of the molecule is C=CC(=O)N1CCN(c2nc(OC[C@@H]3CCCN3C)nc3nc(-c4c(C)c(C)cc5[nH]ccc45)ccc23)C[C@@H]1CC#N. The maximum atomic E-state index is 12.5. The second-order valence-corrected chi connectivity index (χ2v) is 11.3. The number of fused-ring (bicyclic) bond motifs is 2. The van der Waals surface area contributed by atoms with Gasteiger partial charge in [-0.1, -0.05) is 6.58 Å². The molecule has 0 unspecified atom stereocenters. The van der Waals surface area contributed by atoms with Gasteiger partial charge in [-0.3, -0.25) is 4.79 Å². The Kier molecular flexibility index (Phi) is 7.52. The average Bonchev–Trinajstić information content (AvgIpc) is 3.63. The fourth-order valence-corrected chi connectivity index (χ4v) is 6.29. The first-order chi connectivity index (χ1) is 20.4. The molecule has 1 aromatic carbocycles. The zero-order valence-corrected chi connectivity index (χ0v) is 24.4. The third-order valence-corrected chi connectivity index (χ3v) is 8.79. The van der Waals surface area contributed by atoms with Gasteiger partial charge in [-0.25, -0.2) is 4.98 Å². The summed E-state index contributed by atoms with van der Waals surface area (Å²) in [5, 5.41) is 11.4. The predicted molar refractivity (Wildman–Crippen MR) is 163 cm³/mol. The van der Waals surface area contributed by atoms with E-state index in [0.29, 0.717) is 43.7 Å². The van der Waals surface area contributed by atoms with Crippen LogP contribution in [0.4, 0.5) is 5.82 Å². The number of nitriles is 1. The van der Waals surface area contributed by atoms with Gasteiger partial charge < -0.3 is 24.4 Å². The maximum Gasteiger partial charge on any atom is 0.320 e. The van der Waals surface area contributed by atoms with Crippen molar-refractivity contribution in [2.24, 2.45) is 0 Å². The minimum atomic E-state index is -0.278. The molecule has 2 aliphatic rings. The Bertz CT molecular complexity index is 1710. The maximum absolute atomic E-state index is 12.5. The molecular weight excluding hydrogens is 528 g/mol. The Labute approximate surface area is 245 Å². The molecule has 1 amide bonds. The number of aromatic nitrogens is 4. The summed E-state index contributed by atoms with van der Waals surface area (Å²) in [5.74, 6) is 0.540. The van der Waals surface area contributed by atoms with Crippen LogP contribution in [0.15, 0.2) is 43.1 Å². The number of aromatic amines is 1. The van der Waals surface area contributed by atoms with Crippen molar-refractivity contribution in [2.45, 2.75) is 45.2 Å². The summed E-state index contributed by atoms with van der Waals surface area (Å²) in [7, 11) is 2.12. The zero-order chi connectivity index (χ0) is 29.4. The van der Waals surface area contributed by atoms with Crippen molar-refractivity contribution in [1.82, 2.24) is 29.7 Å². The van der Waals surface area contributed by atoms with Gasteiger partial charge in [0.25, 0.3) is 0 Å². The first-order valence-electron chi connectivity index (χ1n) is 14.5. The molecule has 2 saturated heterocycles. The lowest BCUT2D eigenvalue weighted by atomic mass is 9.96. The van der Waals surface area contributed by atoms with Gasteiger partial charge in [-0.2, -0.15) is 15.2 Å². The number of hydrogen-bond acceptors (Lipinski definition) is 8. The molecule has 2 aliphatic heterocycles. The van der Waals surface area contributed by atoms with E-state index >= 15 is 0 Å². The van der Waals surface area contributed by atoms with Crippen molar-refractivity contribution in [2.75, 3.05) is 44.7 Å². The van der Waals surface area contributed by atoms with Crippen LogP contribution in [0.2, 0.25) is 0 Å². The minimum absolute atomic E-state index is 0.164. The molecule has 1 N–H and O–H groups in total. The number of benzene rings is 1. The van der Waals surface area contributed by atoms with E-state index in [9.17, 15) is 10.1 Å². The van der Waals surface area contributed by atoms with Crippen LogP contribution >= 0.6 is 0 Å². The Morgan fingerprint density at radius 1 is 1.17 bits per heavy atom. The second-order valence-electron chi connectivity index (χ2n) is 11.3. The normalized spacial score (nSPS) is 19.4. The quantitative estimate of drug-likeness (QED) is 0.329. The number of carbonyl (C=O) groups is 1. The lowest BCUT2D eigenvalue weighted by Gasteiger charge is -2.41. The fourth-order valence-electron chi connectivity index (χ4n) is 6.29. The number of nitrogens with zero attached hydrogens (tertiary/aromatic N) is 7. The highest BCUT2D eigenvalue weighted by molar-refractivity contribution is 5.98. The standard InChI is InChI=1S/C32H36N8O2/c1-5-28(41)40-16-15-39(18-22(40)10-12-33)31-25-8-9-26(29-21(3)20(2)17-27-24(29)11-13-34-27)35-30(25)36-32(37-31)42-19-23-7-6-14-38(23)4/h5,8-9,11,13,17,22-23,34H,1,6-7,10,14-16,18-19H2,2-4H3/t22-,23-/m0/s1. The molecule has 6 rings (SSSR count). The summed E-state index contributed by atoms with van der Waals surface area (Å²) in [6, 6.07) is 10.9. The molecule has 3 aromatic heterocycles. The van der Waals surface area contributed by atoms with E-state index in [1.54, 1.807) is 4.90 Å². The number of carbonyl (C=O) groups excluding carboxylic acids is 1. The van der Waals surface area contributed by atoms with Crippen LogP contribution in [0.5, 0.6) is 6.01 Å². The molecule has 2 atom stereocenters. The number of pyridine rings is 1. The van der Waals surface area contributed by atoms with Gasteiger partial charge in [0.15, 0.2) is 5.65 Å².